The number of nitrogens with zero attached hydrogens (tertiary/aromatic N) is 2. The zero-order valence-electron chi connectivity index (χ0n) is 11.7. The molecule has 4 heteroatoms. The van der Waals surface area contributed by atoms with Gasteiger partial charge < -0.3 is 9.64 Å². The fraction of sp³-hybridized carbons (Fsp3) is 0.533. The lowest BCUT2D eigenvalue weighted by atomic mass is 10.1. The molecule has 1 aromatic rings. The molecule has 0 aliphatic carbocycles. The minimum Gasteiger partial charge on any atom is -0.453 e. The highest BCUT2D eigenvalue weighted by Crippen LogP contribution is 2.12. The van der Waals surface area contributed by atoms with Crippen LogP contribution in [0.4, 0.5) is 4.79 Å². The van der Waals surface area contributed by atoms with Gasteiger partial charge in [0.15, 0.2) is 0 Å². The Morgan fingerprint density at radius 1 is 1.21 bits per heavy atom. The summed E-state index contributed by atoms with van der Waals surface area (Å²) in [4.78, 5) is 15.6. The molecule has 0 bridgehead atoms. The number of hydrogen-bond donors (Lipinski definition) is 0. The molecule has 1 saturated heterocycles. The first-order valence-electron chi connectivity index (χ1n) is 6.81. The molecule has 4 nitrogen and oxygen atoms in total. The molecule has 0 spiro atoms. The summed E-state index contributed by atoms with van der Waals surface area (Å²) < 4.78 is 4.75. The predicted molar refractivity (Wildman–Crippen MR) is 75.2 cm³/mol. The number of amides is 1. The van der Waals surface area contributed by atoms with Crippen LogP contribution in [0.3, 0.4) is 0 Å². The summed E-state index contributed by atoms with van der Waals surface area (Å²) >= 11 is 0. The maximum atomic E-state index is 11.4. The van der Waals surface area contributed by atoms with E-state index in [-0.39, 0.29) is 6.09 Å². The average Bonchev–Trinajstić information content (AvgIpc) is 2.47. The van der Waals surface area contributed by atoms with Gasteiger partial charge in [-0.05, 0) is 18.9 Å². The number of carbonyl (C=O) groups excluding carboxylic acids is 1. The Morgan fingerprint density at radius 3 is 2.42 bits per heavy atom. The van der Waals surface area contributed by atoms with Crippen LogP contribution in [0.1, 0.15) is 12.5 Å². The van der Waals surface area contributed by atoms with Crippen LogP contribution in [0.15, 0.2) is 30.3 Å². The van der Waals surface area contributed by atoms with Gasteiger partial charge >= 0.3 is 6.09 Å². The first kappa shape index (κ1) is 13.9. The summed E-state index contributed by atoms with van der Waals surface area (Å²) in [5, 5.41) is 0. The average molecular weight is 262 g/mol. The van der Waals surface area contributed by atoms with E-state index < -0.39 is 0 Å². The predicted octanol–water partition coefficient (Wildman–Crippen LogP) is 2.00. The van der Waals surface area contributed by atoms with Gasteiger partial charge in [-0.3, -0.25) is 4.90 Å². The molecule has 1 amide bonds. The van der Waals surface area contributed by atoms with Crippen LogP contribution in [0, 0.1) is 0 Å². The van der Waals surface area contributed by atoms with Gasteiger partial charge in [0.05, 0.1) is 7.11 Å². The maximum absolute atomic E-state index is 11.4. The molecule has 1 atom stereocenters. The molecule has 19 heavy (non-hydrogen) atoms. The fourth-order valence-electron chi connectivity index (χ4n) is 2.56. The topological polar surface area (TPSA) is 32.8 Å². The van der Waals surface area contributed by atoms with E-state index in [1.54, 1.807) is 4.90 Å². The molecule has 2 rings (SSSR count). The number of rotatable bonds is 3. The monoisotopic (exact) mass is 262 g/mol. The van der Waals surface area contributed by atoms with Gasteiger partial charge in [0.1, 0.15) is 0 Å². The van der Waals surface area contributed by atoms with Crippen LogP contribution < -0.4 is 0 Å². The first-order valence-corrected chi connectivity index (χ1v) is 6.81. The first-order chi connectivity index (χ1) is 9.20. The normalized spacial score (nSPS) is 18.1. The van der Waals surface area contributed by atoms with E-state index in [0.29, 0.717) is 6.04 Å². The van der Waals surface area contributed by atoms with Crippen molar-refractivity contribution in [2.24, 2.45) is 0 Å². The molecule has 1 unspecified atom stereocenters. The van der Waals surface area contributed by atoms with Crippen molar-refractivity contribution in [3.05, 3.63) is 35.9 Å². The number of carbonyl (C=O) groups is 1. The quantitative estimate of drug-likeness (QED) is 0.835. The third kappa shape index (κ3) is 3.70. The smallest absolute Gasteiger partial charge is 0.409 e. The fourth-order valence-corrected chi connectivity index (χ4v) is 2.56. The third-order valence-electron chi connectivity index (χ3n) is 3.74. The maximum Gasteiger partial charge on any atom is 0.409 e. The van der Waals surface area contributed by atoms with Gasteiger partial charge in [0, 0.05) is 32.2 Å². The van der Waals surface area contributed by atoms with Crippen molar-refractivity contribution in [2.75, 3.05) is 33.3 Å². The summed E-state index contributed by atoms with van der Waals surface area (Å²) in [5.74, 6) is 0. The number of piperazine rings is 1. The number of hydrogen-bond acceptors (Lipinski definition) is 3. The van der Waals surface area contributed by atoms with Crippen LogP contribution in [0.2, 0.25) is 0 Å². The van der Waals surface area contributed by atoms with Crippen LogP contribution in [0.5, 0.6) is 0 Å². The van der Waals surface area contributed by atoms with E-state index in [4.69, 9.17) is 4.74 Å². The summed E-state index contributed by atoms with van der Waals surface area (Å²) in [5.41, 5.74) is 1.37. The van der Waals surface area contributed by atoms with Gasteiger partial charge in [0.2, 0.25) is 0 Å². The molecule has 104 valence electrons. The van der Waals surface area contributed by atoms with E-state index in [1.807, 2.05) is 6.07 Å². The minimum atomic E-state index is -0.213. The Bertz CT molecular complexity index is 400. The van der Waals surface area contributed by atoms with E-state index in [0.717, 1.165) is 32.6 Å². The Hall–Kier alpha value is -1.55. The number of methoxy groups -OCH3 is 1. The number of benzene rings is 1. The molecule has 0 N–H and O–H groups in total. The van der Waals surface area contributed by atoms with Crippen molar-refractivity contribution in [2.45, 2.75) is 19.4 Å². The molecule has 1 aliphatic rings. The van der Waals surface area contributed by atoms with Crippen molar-refractivity contribution < 1.29 is 9.53 Å². The Kier molecular flexibility index (Phi) is 4.80. The Balaban J connectivity index is 1.82. The molecule has 0 saturated carbocycles. The summed E-state index contributed by atoms with van der Waals surface area (Å²) in [7, 11) is 1.44. The molecule has 1 aliphatic heterocycles. The number of ether oxygens (including phenoxy) is 1. The summed E-state index contributed by atoms with van der Waals surface area (Å²) in [6.45, 7) is 5.60. The lowest BCUT2D eigenvalue weighted by Gasteiger charge is -2.37. The lowest BCUT2D eigenvalue weighted by molar-refractivity contribution is 0.0778. The van der Waals surface area contributed by atoms with Crippen LogP contribution >= 0.6 is 0 Å². The molecular weight excluding hydrogens is 240 g/mol. The third-order valence-corrected chi connectivity index (χ3v) is 3.74. The van der Waals surface area contributed by atoms with E-state index in [9.17, 15) is 4.79 Å². The van der Waals surface area contributed by atoms with Crippen LogP contribution in [-0.2, 0) is 11.2 Å². The largest absolute Gasteiger partial charge is 0.453 e. The molecule has 0 aromatic heterocycles. The van der Waals surface area contributed by atoms with Gasteiger partial charge in [-0.1, -0.05) is 30.3 Å². The van der Waals surface area contributed by atoms with Crippen molar-refractivity contribution in [1.29, 1.82) is 0 Å². The van der Waals surface area contributed by atoms with Gasteiger partial charge in [0.25, 0.3) is 0 Å². The lowest BCUT2D eigenvalue weighted by Crippen LogP contribution is -2.51. The van der Waals surface area contributed by atoms with Gasteiger partial charge in [-0.25, -0.2) is 4.79 Å². The highest BCUT2D eigenvalue weighted by Gasteiger charge is 2.24. The second kappa shape index (κ2) is 6.57. The highest BCUT2D eigenvalue weighted by atomic mass is 16.5. The van der Waals surface area contributed by atoms with Gasteiger partial charge in [-0.2, -0.15) is 0 Å². The standard InChI is InChI=1S/C15H22N2O2/c1-13(12-14-6-4-3-5-7-14)16-8-10-17(11-9-16)15(18)19-2/h3-7,13H,8-12H2,1-2H3. The highest BCUT2D eigenvalue weighted by molar-refractivity contribution is 5.67. The zero-order chi connectivity index (χ0) is 13.7. The Labute approximate surface area is 115 Å². The SMILES string of the molecule is COC(=O)N1CCN(C(C)Cc2ccccc2)CC1. The molecular formula is C15H22N2O2. The molecule has 1 aromatic carbocycles. The van der Waals surface area contributed by atoms with Crippen molar-refractivity contribution in [1.82, 2.24) is 9.80 Å². The molecule has 1 heterocycles. The second-order valence-corrected chi connectivity index (χ2v) is 5.03. The summed E-state index contributed by atoms with van der Waals surface area (Å²) in [6, 6.07) is 11.0. The Morgan fingerprint density at radius 2 is 1.84 bits per heavy atom. The molecule has 0 radical (unpaired) electrons. The van der Waals surface area contributed by atoms with Gasteiger partial charge in [-0.15, -0.1) is 0 Å². The van der Waals surface area contributed by atoms with Crippen LogP contribution in [-0.4, -0.2) is 55.2 Å². The minimum absolute atomic E-state index is 0.213. The second-order valence-electron chi connectivity index (χ2n) is 5.03. The van der Waals surface area contributed by atoms with E-state index in [1.165, 1.54) is 12.7 Å². The van der Waals surface area contributed by atoms with E-state index >= 15 is 0 Å². The molecule has 1 fully saturated rings. The van der Waals surface area contributed by atoms with Crippen molar-refractivity contribution in [3.8, 4) is 0 Å². The van der Waals surface area contributed by atoms with Crippen molar-refractivity contribution in [3.63, 3.8) is 0 Å². The van der Waals surface area contributed by atoms with Crippen LogP contribution in [0.25, 0.3) is 0 Å². The van der Waals surface area contributed by atoms with Crippen molar-refractivity contribution >= 4 is 6.09 Å². The van der Waals surface area contributed by atoms with E-state index in [2.05, 4.69) is 36.1 Å². The summed E-state index contributed by atoms with van der Waals surface area (Å²) in [6.07, 6.45) is 0.842. The zero-order valence-corrected chi connectivity index (χ0v) is 11.7.